The van der Waals surface area contributed by atoms with E-state index in [-0.39, 0.29) is 5.91 Å². The zero-order chi connectivity index (χ0) is 21.0. The van der Waals surface area contributed by atoms with Crippen LogP contribution >= 0.6 is 0 Å². The Bertz CT molecular complexity index is 946. The largest absolute Gasteiger partial charge is 0.337 e. The number of imidazole rings is 1. The molecular weight excluding hydrogens is 372 g/mol. The maximum absolute atomic E-state index is 13.7. The van der Waals surface area contributed by atoms with E-state index in [9.17, 15) is 4.79 Å². The van der Waals surface area contributed by atoms with Gasteiger partial charge in [0.15, 0.2) is 0 Å². The average molecular weight is 407 g/mol. The van der Waals surface area contributed by atoms with Crippen LogP contribution in [0.1, 0.15) is 65.0 Å². The Morgan fingerprint density at radius 2 is 1.60 bits per heavy atom. The Kier molecular flexibility index (Phi) is 4.87. The number of carbonyl (C=O) groups excluding carboxylic acids is 1. The van der Waals surface area contributed by atoms with E-state index in [4.69, 9.17) is 4.98 Å². The monoisotopic (exact) mass is 406 g/mol. The van der Waals surface area contributed by atoms with Crippen molar-refractivity contribution in [2.75, 3.05) is 24.5 Å². The molecule has 5 heteroatoms. The number of carbonyl (C=O) groups is 1. The normalized spacial score (nSPS) is 18.5. The molecule has 5 rings (SSSR count). The van der Waals surface area contributed by atoms with Gasteiger partial charge in [-0.2, -0.15) is 0 Å². The summed E-state index contributed by atoms with van der Waals surface area (Å²) in [6.45, 7) is 12.2. The number of hydrogen-bond acceptors (Lipinski definition) is 3. The minimum Gasteiger partial charge on any atom is -0.337 e. The van der Waals surface area contributed by atoms with Gasteiger partial charge in [0.05, 0.1) is 5.69 Å². The molecule has 30 heavy (non-hydrogen) atoms. The second-order valence-corrected chi connectivity index (χ2v) is 9.85. The van der Waals surface area contributed by atoms with E-state index < -0.39 is 0 Å². The van der Waals surface area contributed by atoms with Gasteiger partial charge >= 0.3 is 0 Å². The Morgan fingerprint density at radius 3 is 2.17 bits per heavy atom. The van der Waals surface area contributed by atoms with Crippen molar-refractivity contribution in [3.05, 3.63) is 40.2 Å². The standard InChI is InChI=1S/C25H34N4O/c1-16-12-17(2)22(18(3)13-16)28-10-5-11-29-23(19(4)26-25(28)29)24(30)27(14-20-6-7-20)15-21-8-9-21/h12-13,20-21H,5-11,14-15H2,1-4H3. The summed E-state index contributed by atoms with van der Waals surface area (Å²) in [5, 5.41) is 0. The molecule has 2 fully saturated rings. The maximum atomic E-state index is 13.7. The lowest BCUT2D eigenvalue weighted by molar-refractivity contribution is 0.0727. The van der Waals surface area contributed by atoms with Gasteiger partial charge < -0.3 is 14.4 Å². The molecule has 0 spiro atoms. The molecule has 2 saturated carbocycles. The number of fused-ring (bicyclic) bond motifs is 1. The van der Waals surface area contributed by atoms with Gasteiger partial charge in [-0.3, -0.25) is 4.79 Å². The zero-order valence-electron chi connectivity index (χ0n) is 18.9. The van der Waals surface area contributed by atoms with Crippen LogP contribution in [0, 0.1) is 39.5 Å². The summed E-state index contributed by atoms with van der Waals surface area (Å²) in [6.07, 6.45) is 6.13. The van der Waals surface area contributed by atoms with Gasteiger partial charge in [0.2, 0.25) is 5.95 Å². The Morgan fingerprint density at radius 1 is 1.00 bits per heavy atom. The molecule has 2 aliphatic carbocycles. The van der Waals surface area contributed by atoms with Gasteiger partial charge in [-0.25, -0.2) is 4.98 Å². The van der Waals surface area contributed by atoms with Gasteiger partial charge in [-0.05, 0) is 82.8 Å². The summed E-state index contributed by atoms with van der Waals surface area (Å²) in [5.74, 6) is 2.57. The van der Waals surface area contributed by atoms with Gasteiger partial charge in [-0.1, -0.05) is 17.7 Å². The highest BCUT2D eigenvalue weighted by Gasteiger charge is 2.35. The van der Waals surface area contributed by atoms with Crippen LogP contribution in [0.15, 0.2) is 12.1 Å². The Balaban J connectivity index is 1.51. The predicted molar refractivity (Wildman–Crippen MR) is 121 cm³/mol. The number of aromatic nitrogens is 2. The summed E-state index contributed by atoms with van der Waals surface area (Å²) in [6, 6.07) is 4.49. The summed E-state index contributed by atoms with van der Waals surface area (Å²) in [5.41, 5.74) is 6.78. The minimum atomic E-state index is 0.198. The molecule has 0 saturated heterocycles. The van der Waals surface area contributed by atoms with Crippen LogP contribution in [0.4, 0.5) is 11.6 Å². The molecule has 2 heterocycles. The first-order chi connectivity index (χ1) is 14.4. The molecule has 1 aliphatic heterocycles. The molecule has 0 N–H and O–H groups in total. The summed E-state index contributed by atoms with van der Waals surface area (Å²) < 4.78 is 2.20. The predicted octanol–water partition coefficient (Wildman–Crippen LogP) is 4.92. The van der Waals surface area contributed by atoms with E-state index in [0.29, 0.717) is 11.8 Å². The van der Waals surface area contributed by atoms with Crippen LogP contribution in [-0.2, 0) is 6.54 Å². The zero-order valence-corrected chi connectivity index (χ0v) is 18.9. The number of nitrogens with zero attached hydrogens (tertiary/aromatic N) is 4. The lowest BCUT2D eigenvalue weighted by atomic mass is 10.0. The summed E-state index contributed by atoms with van der Waals surface area (Å²) in [4.78, 5) is 23.1. The summed E-state index contributed by atoms with van der Waals surface area (Å²) >= 11 is 0. The van der Waals surface area contributed by atoms with E-state index in [2.05, 4.69) is 47.3 Å². The number of amides is 1. The first-order valence-electron chi connectivity index (χ1n) is 11.6. The van der Waals surface area contributed by atoms with Gasteiger partial charge in [0.1, 0.15) is 5.69 Å². The first kappa shape index (κ1) is 19.7. The smallest absolute Gasteiger partial charge is 0.272 e. The second kappa shape index (κ2) is 7.44. The third-order valence-electron chi connectivity index (χ3n) is 6.87. The van der Waals surface area contributed by atoms with E-state index in [0.717, 1.165) is 49.9 Å². The van der Waals surface area contributed by atoms with Crippen LogP contribution in [0.5, 0.6) is 0 Å². The van der Waals surface area contributed by atoms with E-state index >= 15 is 0 Å². The average Bonchev–Trinajstić information content (AvgIpc) is 3.60. The molecule has 0 radical (unpaired) electrons. The number of rotatable bonds is 6. The van der Waals surface area contributed by atoms with E-state index in [1.165, 1.54) is 48.1 Å². The van der Waals surface area contributed by atoms with Crippen LogP contribution in [0.2, 0.25) is 0 Å². The van der Waals surface area contributed by atoms with Crippen molar-refractivity contribution in [3.8, 4) is 0 Å². The third kappa shape index (κ3) is 3.63. The lowest BCUT2D eigenvalue weighted by Gasteiger charge is -2.32. The quantitative estimate of drug-likeness (QED) is 0.684. The van der Waals surface area contributed by atoms with Crippen molar-refractivity contribution in [3.63, 3.8) is 0 Å². The fourth-order valence-electron chi connectivity index (χ4n) is 5.16. The summed E-state index contributed by atoms with van der Waals surface area (Å²) in [7, 11) is 0. The molecule has 2 aromatic rings. The number of anilines is 2. The molecule has 1 aromatic heterocycles. The SMILES string of the molecule is Cc1cc(C)c(N2CCCn3c2nc(C)c3C(=O)N(CC2CC2)CC2CC2)c(C)c1. The van der Waals surface area contributed by atoms with Crippen LogP contribution in [0.25, 0.3) is 0 Å². The highest BCUT2D eigenvalue weighted by atomic mass is 16.2. The molecule has 0 atom stereocenters. The molecule has 0 bridgehead atoms. The number of hydrogen-bond donors (Lipinski definition) is 0. The molecule has 0 unspecified atom stereocenters. The van der Waals surface area contributed by atoms with Crippen LogP contribution < -0.4 is 4.90 Å². The number of benzene rings is 1. The number of aryl methyl sites for hydroxylation is 4. The lowest BCUT2D eigenvalue weighted by Crippen LogP contribution is -2.37. The fraction of sp³-hybridized carbons (Fsp3) is 0.600. The molecular formula is C25H34N4O. The highest BCUT2D eigenvalue weighted by Crippen LogP contribution is 2.38. The van der Waals surface area contributed by atoms with Crippen molar-refractivity contribution in [1.29, 1.82) is 0 Å². The van der Waals surface area contributed by atoms with Crippen LogP contribution in [0.3, 0.4) is 0 Å². The van der Waals surface area contributed by atoms with E-state index in [1.807, 2.05) is 6.92 Å². The van der Waals surface area contributed by atoms with Crippen molar-refractivity contribution < 1.29 is 4.79 Å². The van der Waals surface area contributed by atoms with Gasteiger partial charge in [0, 0.05) is 31.9 Å². The van der Waals surface area contributed by atoms with E-state index in [1.54, 1.807) is 0 Å². The highest BCUT2D eigenvalue weighted by molar-refractivity contribution is 5.94. The molecule has 160 valence electrons. The molecule has 1 aromatic carbocycles. The van der Waals surface area contributed by atoms with Crippen LogP contribution in [-0.4, -0.2) is 40.0 Å². The fourth-order valence-corrected chi connectivity index (χ4v) is 5.16. The van der Waals surface area contributed by atoms with Gasteiger partial charge in [-0.15, -0.1) is 0 Å². The van der Waals surface area contributed by atoms with Crippen molar-refractivity contribution in [2.24, 2.45) is 11.8 Å². The van der Waals surface area contributed by atoms with Crippen molar-refractivity contribution >= 4 is 17.5 Å². The Labute approximate surface area is 180 Å². The molecule has 3 aliphatic rings. The molecule has 1 amide bonds. The molecule has 5 nitrogen and oxygen atoms in total. The first-order valence-corrected chi connectivity index (χ1v) is 11.6. The maximum Gasteiger partial charge on any atom is 0.272 e. The van der Waals surface area contributed by atoms with Crippen molar-refractivity contribution in [1.82, 2.24) is 14.5 Å². The second-order valence-electron chi connectivity index (χ2n) is 9.85. The third-order valence-corrected chi connectivity index (χ3v) is 6.87. The van der Waals surface area contributed by atoms with Gasteiger partial charge in [0.25, 0.3) is 5.91 Å². The Hall–Kier alpha value is -2.30. The van der Waals surface area contributed by atoms with Crippen molar-refractivity contribution in [2.45, 2.75) is 66.3 Å². The minimum absolute atomic E-state index is 0.198. The topological polar surface area (TPSA) is 41.4 Å².